The lowest BCUT2D eigenvalue weighted by Crippen LogP contribution is -2.39. The molecule has 4 rings (SSSR count). The molecule has 34 heavy (non-hydrogen) atoms. The van der Waals surface area contributed by atoms with Crippen LogP contribution in [0.4, 0.5) is 14.2 Å². The fraction of sp³-hybridized carbons (Fsp3) is 0.240. The first kappa shape index (κ1) is 23.4. The van der Waals surface area contributed by atoms with Crippen LogP contribution >= 0.6 is 11.3 Å². The molecule has 1 saturated heterocycles. The number of carbonyl (C=O) groups is 3. The number of nitrogens with zero attached hydrogens (tertiary/aromatic N) is 1. The highest BCUT2D eigenvalue weighted by atomic mass is 32.1. The average molecular weight is 483 g/mol. The average Bonchev–Trinajstić information content (AvgIpc) is 3.27. The Morgan fingerprint density at radius 3 is 2.68 bits per heavy atom. The van der Waals surface area contributed by atoms with Crippen LogP contribution in [0.1, 0.15) is 50.6 Å². The number of halogens is 1. The van der Waals surface area contributed by atoms with Crippen LogP contribution < -0.4 is 5.32 Å². The summed E-state index contributed by atoms with van der Waals surface area (Å²) in [6.45, 7) is 1.01. The molecule has 7 nitrogen and oxygen atoms in total. The number of carboxylic acids is 1. The smallest absolute Gasteiger partial charge is 0.410 e. The fourth-order valence-electron chi connectivity index (χ4n) is 4.00. The van der Waals surface area contributed by atoms with Crippen LogP contribution in [0.25, 0.3) is 0 Å². The fourth-order valence-corrected chi connectivity index (χ4v) is 5.03. The number of carboxylic acid groups (broad SMARTS) is 1. The second-order valence-corrected chi connectivity index (χ2v) is 8.87. The maximum atomic E-state index is 13.5. The van der Waals surface area contributed by atoms with Crippen LogP contribution in [-0.4, -0.2) is 41.1 Å². The third kappa shape index (κ3) is 5.43. The molecule has 0 aliphatic carbocycles. The van der Waals surface area contributed by atoms with Crippen molar-refractivity contribution in [2.75, 3.05) is 18.4 Å². The molecule has 3 aromatic rings. The van der Waals surface area contributed by atoms with Crippen LogP contribution in [0.3, 0.4) is 0 Å². The molecule has 1 aromatic heterocycles. The summed E-state index contributed by atoms with van der Waals surface area (Å²) in [7, 11) is 0. The van der Waals surface area contributed by atoms with Gasteiger partial charge >= 0.3 is 12.1 Å². The van der Waals surface area contributed by atoms with E-state index in [2.05, 4.69) is 5.32 Å². The molecule has 2 amide bonds. The highest BCUT2D eigenvalue weighted by Crippen LogP contribution is 2.37. The molecule has 9 heteroatoms. The van der Waals surface area contributed by atoms with E-state index in [1.165, 1.54) is 18.2 Å². The van der Waals surface area contributed by atoms with Gasteiger partial charge in [-0.3, -0.25) is 4.79 Å². The van der Waals surface area contributed by atoms with Gasteiger partial charge in [0, 0.05) is 24.6 Å². The van der Waals surface area contributed by atoms with E-state index in [4.69, 9.17) is 4.74 Å². The summed E-state index contributed by atoms with van der Waals surface area (Å²) in [4.78, 5) is 38.8. The van der Waals surface area contributed by atoms with E-state index in [-0.39, 0.29) is 28.7 Å². The van der Waals surface area contributed by atoms with E-state index in [0.717, 1.165) is 23.0 Å². The van der Waals surface area contributed by atoms with Crippen LogP contribution in [-0.2, 0) is 11.3 Å². The summed E-state index contributed by atoms with van der Waals surface area (Å²) < 4.78 is 18.9. The molecule has 176 valence electrons. The first-order chi connectivity index (χ1) is 16.4. The minimum absolute atomic E-state index is 0.000689. The second-order valence-electron chi connectivity index (χ2n) is 7.99. The van der Waals surface area contributed by atoms with E-state index in [9.17, 15) is 23.9 Å². The molecule has 1 atom stereocenters. The van der Waals surface area contributed by atoms with Crippen molar-refractivity contribution >= 4 is 34.3 Å². The van der Waals surface area contributed by atoms with Crippen molar-refractivity contribution in [2.24, 2.45) is 0 Å². The number of nitrogens with one attached hydrogen (secondary N) is 1. The Morgan fingerprint density at radius 1 is 1.15 bits per heavy atom. The number of rotatable bonds is 6. The van der Waals surface area contributed by atoms with Crippen molar-refractivity contribution in [1.82, 2.24) is 4.90 Å². The molecule has 1 aliphatic heterocycles. The van der Waals surface area contributed by atoms with Crippen molar-refractivity contribution in [3.8, 4) is 0 Å². The lowest BCUT2D eigenvalue weighted by atomic mass is 9.90. The van der Waals surface area contributed by atoms with Crippen molar-refractivity contribution < 1.29 is 28.6 Å². The third-order valence-electron chi connectivity index (χ3n) is 5.67. The number of hydrogen-bond acceptors (Lipinski definition) is 5. The first-order valence-electron chi connectivity index (χ1n) is 10.8. The highest BCUT2D eigenvalue weighted by Gasteiger charge is 2.31. The summed E-state index contributed by atoms with van der Waals surface area (Å²) in [5, 5.41) is 14.3. The monoisotopic (exact) mass is 482 g/mol. The molecule has 0 spiro atoms. The Kier molecular flexibility index (Phi) is 7.22. The third-order valence-corrected chi connectivity index (χ3v) is 6.59. The zero-order valence-corrected chi connectivity index (χ0v) is 19.0. The number of piperidine rings is 1. The van der Waals surface area contributed by atoms with Gasteiger partial charge in [-0.15, -0.1) is 11.3 Å². The number of amides is 2. The van der Waals surface area contributed by atoms with Crippen LogP contribution in [0, 0.1) is 5.82 Å². The van der Waals surface area contributed by atoms with Crippen molar-refractivity contribution in [3.63, 3.8) is 0 Å². The molecule has 2 aromatic carbocycles. The summed E-state index contributed by atoms with van der Waals surface area (Å²) in [5.41, 5.74) is 1.54. The zero-order chi connectivity index (χ0) is 24.1. The minimum Gasteiger partial charge on any atom is -0.478 e. The van der Waals surface area contributed by atoms with Crippen LogP contribution in [0.2, 0.25) is 0 Å². The largest absolute Gasteiger partial charge is 0.478 e. The molecule has 2 N–H and O–H groups in total. The van der Waals surface area contributed by atoms with Gasteiger partial charge in [0.1, 0.15) is 17.4 Å². The quantitative estimate of drug-likeness (QED) is 0.494. The SMILES string of the molecule is O=C(Nc1scc(C2CCCN(C(=O)OCc3ccccc3)C2)c1C(=O)O)c1cccc(F)c1. The van der Waals surface area contributed by atoms with Gasteiger partial charge in [0.15, 0.2) is 0 Å². The lowest BCUT2D eigenvalue weighted by molar-refractivity contribution is 0.0695. The standard InChI is InChI=1S/C25H23FN2O5S/c26-19-10-4-8-17(12-19)22(29)27-23-21(24(30)31)20(15-34-23)18-9-5-11-28(13-18)25(32)33-14-16-6-2-1-3-7-16/h1-4,6-8,10,12,15,18H,5,9,11,13-14H2,(H,27,29)(H,30,31). The number of benzene rings is 2. The Hall–Kier alpha value is -3.72. The number of anilines is 1. The van der Waals surface area contributed by atoms with Crippen LogP contribution in [0.5, 0.6) is 0 Å². The summed E-state index contributed by atoms with van der Waals surface area (Å²) >= 11 is 1.10. The number of likely N-dealkylation sites (tertiary alicyclic amines) is 1. The number of carbonyl (C=O) groups excluding carboxylic acids is 2. The van der Waals surface area contributed by atoms with Gasteiger partial charge in [-0.25, -0.2) is 14.0 Å². The number of ether oxygens (including phenoxy) is 1. The lowest BCUT2D eigenvalue weighted by Gasteiger charge is -2.32. The van der Waals surface area contributed by atoms with Crippen molar-refractivity contribution in [2.45, 2.75) is 25.4 Å². The topological polar surface area (TPSA) is 95.9 Å². The number of hydrogen-bond donors (Lipinski definition) is 2. The van der Waals surface area contributed by atoms with Gasteiger partial charge in [-0.05, 0) is 47.5 Å². The molecule has 1 fully saturated rings. The Balaban J connectivity index is 1.46. The van der Waals surface area contributed by atoms with E-state index < -0.39 is 23.8 Å². The van der Waals surface area contributed by atoms with Gasteiger partial charge < -0.3 is 20.1 Å². The van der Waals surface area contributed by atoms with E-state index in [1.54, 1.807) is 10.3 Å². The predicted octanol–water partition coefficient (Wildman–Crippen LogP) is 5.35. The van der Waals surface area contributed by atoms with Crippen molar-refractivity contribution in [1.29, 1.82) is 0 Å². The summed E-state index contributed by atoms with van der Waals surface area (Å²) in [5.74, 6) is -2.53. The number of aromatic carboxylic acids is 1. The van der Waals surface area contributed by atoms with Gasteiger partial charge in [0.2, 0.25) is 0 Å². The zero-order valence-electron chi connectivity index (χ0n) is 18.2. The molecular weight excluding hydrogens is 459 g/mol. The molecule has 0 radical (unpaired) electrons. The Morgan fingerprint density at radius 2 is 1.94 bits per heavy atom. The summed E-state index contributed by atoms with van der Waals surface area (Å²) in [6, 6.07) is 14.5. The Bertz CT molecular complexity index is 1200. The van der Waals surface area contributed by atoms with Gasteiger partial charge in [-0.2, -0.15) is 0 Å². The Labute approximate surface area is 199 Å². The molecule has 0 saturated carbocycles. The first-order valence-corrected chi connectivity index (χ1v) is 11.7. The van der Waals surface area contributed by atoms with Crippen molar-refractivity contribution in [3.05, 3.63) is 88.0 Å². The predicted molar refractivity (Wildman–Crippen MR) is 126 cm³/mol. The summed E-state index contributed by atoms with van der Waals surface area (Å²) in [6.07, 6.45) is 0.960. The van der Waals surface area contributed by atoms with Crippen LogP contribution in [0.15, 0.2) is 60.0 Å². The van der Waals surface area contributed by atoms with Gasteiger partial charge in [0.25, 0.3) is 5.91 Å². The molecular formula is C25H23FN2O5S. The van der Waals surface area contributed by atoms with Gasteiger partial charge in [-0.1, -0.05) is 36.4 Å². The van der Waals surface area contributed by atoms with Gasteiger partial charge in [0.05, 0.1) is 5.56 Å². The maximum Gasteiger partial charge on any atom is 0.410 e. The molecule has 1 aliphatic rings. The molecule has 2 heterocycles. The highest BCUT2D eigenvalue weighted by molar-refractivity contribution is 7.15. The minimum atomic E-state index is -1.17. The molecule has 1 unspecified atom stereocenters. The van der Waals surface area contributed by atoms with E-state index >= 15 is 0 Å². The normalized spacial score (nSPS) is 15.6. The van der Waals surface area contributed by atoms with E-state index in [0.29, 0.717) is 31.5 Å². The second kappa shape index (κ2) is 10.5. The number of thiophene rings is 1. The van der Waals surface area contributed by atoms with E-state index in [1.807, 2.05) is 30.3 Å². The maximum absolute atomic E-state index is 13.5. The molecule has 0 bridgehead atoms.